The van der Waals surface area contributed by atoms with Crippen LogP contribution in [0.5, 0.6) is 0 Å². The van der Waals surface area contributed by atoms with Crippen molar-refractivity contribution in [2.45, 2.75) is 6.18 Å². The summed E-state index contributed by atoms with van der Waals surface area (Å²) >= 11 is 0. The molecule has 102 valence electrons. The maximum Gasteiger partial charge on any atom is 0.416 e. The van der Waals surface area contributed by atoms with Crippen molar-refractivity contribution in [1.82, 2.24) is 0 Å². The Bertz CT molecular complexity index is 610. The molecule has 0 spiro atoms. The fraction of sp³-hybridized carbons (Fsp3) is 0.0625. The molecule has 0 atom stereocenters. The topological polar surface area (TPSA) is 17.1 Å². The first-order chi connectivity index (χ1) is 9.47. The molecule has 0 aliphatic heterocycles. The quantitative estimate of drug-likeness (QED) is 0.591. The van der Waals surface area contributed by atoms with Gasteiger partial charge in [0, 0.05) is 5.56 Å². The first kappa shape index (κ1) is 14.1. The number of allylic oxidation sites excluding steroid dienone is 1. The molecule has 0 aliphatic rings. The molecule has 20 heavy (non-hydrogen) atoms. The van der Waals surface area contributed by atoms with Crippen molar-refractivity contribution in [2.75, 3.05) is 0 Å². The normalized spacial score (nSPS) is 11.8. The molecular weight excluding hydrogens is 265 g/mol. The highest BCUT2D eigenvalue weighted by Gasteiger charge is 2.29. The first-order valence-electron chi connectivity index (χ1n) is 5.91. The zero-order chi connectivity index (χ0) is 14.6. The molecule has 4 heteroatoms. The summed E-state index contributed by atoms with van der Waals surface area (Å²) in [6, 6.07) is 13.3. The van der Waals surface area contributed by atoms with Gasteiger partial charge >= 0.3 is 6.18 Å². The van der Waals surface area contributed by atoms with Crippen LogP contribution in [0.25, 0.3) is 6.08 Å². The standard InChI is InChI=1S/C16H11F3O/c17-16(18,19)14-9-6-12(7-10-14)8-11-15(20)13-4-2-1-3-5-13/h1-11H/b11-8+. The highest BCUT2D eigenvalue weighted by atomic mass is 19.4. The number of carbonyl (C=O) groups excluding carboxylic acids is 1. The van der Waals surface area contributed by atoms with Gasteiger partial charge in [-0.1, -0.05) is 48.5 Å². The average Bonchev–Trinajstić information content (AvgIpc) is 2.45. The van der Waals surface area contributed by atoms with Crippen LogP contribution in [0.2, 0.25) is 0 Å². The minimum atomic E-state index is -4.35. The Hall–Kier alpha value is -2.36. The second-order valence-corrected chi connectivity index (χ2v) is 4.18. The number of carbonyl (C=O) groups is 1. The van der Waals surface area contributed by atoms with E-state index in [1.54, 1.807) is 30.3 Å². The molecule has 0 unspecified atom stereocenters. The van der Waals surface area contributed by atoms with E-state index in [4.69, 9.17) is 0 Å². The second kappa shape index (κ2) is 5.74. The summed E-state index contributed by atoms with van der Waals surface area (Å²) in [6.45, 7) is 0. The Balaban J connectivity index is 2.11. The van der Waals surface area contributed by atoms with E-state index in [1.165, 1.54) is 24.3 Å². The summed E-state index contributed by atoms with van der Waals surface area (Å²) in [6.07, 6.45) is -1.50. The molecule has 2 aromatic rings. The van der Waals surface area contributed by atoms with Gasteiger partial charge in [0.15, 0.2) is 5.78 Å². The molecule has 0 bridgehead atoms. The monoisotopic (exact) mass is 276 g/mol. The molecule has 0 amide bonds. The van der Waals surface area contributed by atoms with E-state index in [1.807, 2.05) is 0 Å². The van der Waals surface area contributed by atoms with Crippen molar-refractivity contribution in [1.29, 1.82) is 0 Å². The number of ketones is 1. The Morgan fingerprint density at radius 1 is 0.900 bits per heavy atom. The van der Waals surface area contributed by atoms with Crippen molar-refractivity contribution in [3.05, 3.63) is 77.4 Å². The fourth-order valence-electron chi connectivity index (χ4n) is 1.65. The molecular formula is C16H11F3O. The van der Waals surface area contributed by atoms with Crippen molar-refractivity contribution in [2.24, 2.45) is 0 Å². The van der Waals surface area contributed by atoms with Crippen molar-refractivity contribution >= 4 is 11.9 Å². The molecule has 0 fully saturated rings. The van der Waals surface area contributed by atoms with Crippen LogP contribution >= 0.6 is 0 Å². The molecule has 0 radical (unpaired) electrons. The van der Waals surface area contributed by atoms with Crippen LogP contribution in [-0.4, -0.2) is 5.78 Å². The van der Waals surface area contributed by atoms with Gasteiger partial charge in [-0.3, -0.25) is 4.79 Å². The number of hydrogen-bond donors (Lipinski definition) is 0. The average molecular weight is 276 g/mol. The van der Waals surface area contributed by atoms with Crippen LogP contribution in [0.4, 0.5) is 13.2 Å². The van der Waals surface area contributed by atoms with Gasteiger partial charge in [0.05, 0.1) is 5.56 Å². The van der Waals surface area contributed by atoms with E-state index in [0.29, 0.717) is 11.1 Å². The predicted molar refractivity (Wildman–Crippen MR) is 71.3 cm³/mol. The van der Waals surface area contributed by atoms with Gasteiger partial charge in [-0.15, -0.1) is 0 Å². The highest BCUT2D eigenvalue weighted by Crippen LogP contribution is 2.29. The lowest BCUT2D eigenvalue weighted by atomic mass is 10.1. The fourth-order valence-corrected chi connectivity index (χ4v) is 1.65. The Kier molecular flexibility index (Phi) is 4.03. The van der Waals surface area contributed by atoms with E-state index < -0.39 is 11.7 Å². The summed E-state index contributed by atoms with van der Waals surface area (Å²) < 4.78 is 37.1. The van der Waals surface area contributed by atoms with Gasteiger partial charge in [-0.25, -0.2) is 0 Å². The van der Waals surface area contributed by atoms with Gasteiger partial charge < -0.3 is 0 Å². The van der Waals surface area contributed by atoms with Gasteiger partial charge in [0.25, 0.3) is 0 Å². The Labute approximate surface area is 114 Å². The lowest BCUT2D eigenvalue weighted by Crippen LogP contribution is -2.04. The zero-order valence-corrected chi connectivity index (χ0v) is 10.4. The molecule has 2 aromatic carbocycles. The van der Waals surface area contributed by atoms with Gasteiger partial charge in [-0.05, 0) is 23.8 Å². The maximum absolute atomic E-state index is 12.4. The van der Waals surface area contributed by atoms with Crippen molar-refractivity contribution in [3.8, 4) is 0 Å². The Morgan fingerprint density at radius 3 is 2.05 bits per heavy atom. The first-order valence-corrected chi connectivity index (χ1v) is 5.91. The van der Waals surface area contributed by atoms with Gasteiger partial charge in [0.2, 0.25) is 0 Å². The van der Waals surface area contributed by atoms with E-state index in [2.05, 4.69) is 0 Å². The third-order valence-electron chi connectivity index (χ3n) is 2.72. The minimum absolute atomic E-state index is 0.189. The number of hydrogen-bond acceptors (Lipinski definition) is 1. The van der Waals surface area contributed by atoms with Crippen LogP contribution in [0, 0.1) is 0 Å². The zero-order valence-electron chi connectivity index (χ0n) is 10.4. The smallest absolute Gasteiger partial charge is 0.289 e. The SMILES string of the molecule is O=C(/C=C/c1ccc(C(F)(F)F)cc1)c1ccccc1. The van der Waals surface area contributed by atoms with Crippen LogP contribution in [-0.2, 0) is 6.18 Å². The summed E-state index contributed by atoms with van der Waals surface area (Å²) in [4.78, 5) is 11.8. The molecule has 0 aliphatic carbocycles. The van der Waals surface area contributed by atoms with Gasteiger partial charge in [0.1, 0.15) is 0 Å². The van der Waals surface area contributed by atoms with Crippen LogP contribution in [0.3, 0.4) is 0 Å². The number of alkyl halides is 3. The van der Waals surface area contributed by atoms with Crippen molar-refractivity contribution < 1.29 is 18.0 Å². The number of halogens is 3. The maximum atomic E-state index is 12.4. The summed E-state index contributed by atoms with van der Waals surface area (Å²) in [5.41, 5.74) is 0.377. The lowest BCUT2D eigenvalue weighted by Gasteiger charge is -2.05. The number of rotatable bonds is 3. The second-order valence-electron chi connectivity index (χ2n) is 4.18. The molecule has 1 nitrogen and oxygen atoms in total. The predicted octanol–water partition coefficient (Wildman–Crippen LogP) is 4.60. The molecule has 0 saturated carbocycles. The minimum Gasteiger partial charge on any atom is -0.289 e. The van der Waals surface area contributed by atoms with Crippen LogP contribution < -0.4 is 0 Å². The number of benzene rings is 2. The van der Waals surface area contributed by atoms with E-state index >= 15 is 0 Å². The van der Waals surface area contributed by atoms with Crippen LogP contribution in [0.15, 0.2) is 60.7 Å². The molecule has 0 N–H and O–H groups in total. The van der Waals surface area contributed by atoms with Crippen molar-refractivity contribution in [3.63, 3.8) is 0 Å². The molecule has 0 heterocycles. The summed E-state index contributed by atoms with van der Waals surface area (Å²) in [5.74, 6) is -0.189. The molecule has 0 aromatic heterocycles. The summed E-state index contributed by atoms with van der Waals surface area (Å²) in [7, 11) is 0. The lowest BCUT2D eigenvalue weighted by molar-refractivity contribution is -0.137. The summed E-state index contributed by atoms with van der Waals surface area (Å²) in [5, 5.41) is 0. The molecule has 0 saturated heterocycles. The van der Waals surface area contributed by atoms with E-state index in [-0.39, 0.29) is 5.78 Å². The largest absolute Gasteiger partial charge is 0.416 e. The van der Waals surface area contributed by atoms with E-state index in [0.717, 1.165) is 12.1 Å². The van der Waals surface area contributed by atoms with Gasteiger partial charge in [-0.2, -0.15) is 13.2 Å². The Morgan fingerprint density at radius 2 is 1.50 bits per heavy atom. The van der Waals surface area contributed by atoms with Crippen LogP contribution in [0.1, 0.15) is 21.5 Å². The van der Waals surface area contributed by atoms with E-state index in [9.17, 15) is 18.0 Å². The highest BCUT2D eigenvalue weighted by molar-refractivity contribution is 6.06. The third kappa shape index (κ3) is 3.57. The molecule has 2 rings (SSSR count). The third-order valence-corrected chi connectivity index (χ3v) is 2.72.